The van der Waals surface area contributed by atoms with Crippen LogP contribution in [0.4, 0.5) is 0 Å². The van der Waals surface area contributed by atoms with Gasteiger partial charge >= 0.3 is 11.9 Å². The van der Waals surface area contributed by atoms with Crippen LogP contribution in [-0.4, -0.2) is 50.4 Å². The van der Waals surface area contributed by atoms with Crippen molar-refractivity contribution in [3.05, 3.63) is 62.5 Å². The minimum absolute atomic E-state index is 0.0470. The molecule has 1 unspecified atom stereocenters. The number of thioether (sulfide) groups is 1. The highest BCUT2D eigenvalue weighted by atomic mass is 35.5. The van der Waals surface area contributed by atoms with Gasteiger partial charge in [0.1, 0.15) is 17.0 Å². The van der Waals surface area contributed by atoms with Crippen molar-refractivity contribution >= 4 is 75.4 Å². The molecule has 0 spiro atoms. The first kappa shape index (κ1) is 26.8. The van der Waals surface area contributed by atoms with E-state index < -0.39 is 30.3 Å². The molecule has 2 aromatic rings. The van der Waals surface area contributed by atoms with E-state index in [1.165, 1.54) is 7.11 Å². The molecule has 0 radical (unpaired) electrons. The third kappa shape index (κ3) is 6.66. The first-order chi connectivity index (χ1) is 16.6. The standard InChI is InChI=1S/C23H19Cl2NO7S2/c1-32-18-8-12(2-6-17(18)33-11-13-3-4-14(24)10-15(13)25)9-19-21(29)26(23(34)35-19)16(22(30)31)5-7-20(27)28/h2-4,6,8-10,16H,5,7,11H2,1H3,(H,27,28)(H,30,31)/b19-9-. The number of carbonyl (C=O) groups excluding carboxylic acids is 1. The molecule has 1 fully saturated rings. The molecule has 1 heterocycles. The van der Waals surface area contributed by atoms with Gasteiger partial charge in [0.05, 0.1) is 12.0 Å². The Kier molecular flexibility index (Phi) is 9.01. The van der Waals surface area contributed by atoms with E-state index in [1.54, 1.807) is 42.5 Å². The third-order valence-electron chi connectivity index (χ3n) is 4.94. The Morgan fingerprint density at radius 3 is 2.54 bits per heavy atom. The lowest BCUT2D eigenvalue weighted by Crippen LogP contribution is -2.44. The largest absolute Gasteiger partial charge is 0.493 e. The quantitative estimate of drug-likeness (QED) is 0.305. The summed E-state index contributed by atoms with van der Waals surface area (Å²) in [6, 6.07) is 8.75. The molecule has 2 aromatic carbocycles. The van der Waals surface area contributed by atoms with Crippen LogP contribution in [0.15, 0.2) is 41.3 Å². The molecule has 0 aliphatic carbocycles. The molecule has 1 amide bonds. The third-order valence-corrected chi connectivity index (χ3v) is 6.85. The van der Waals surface area contributed by atoms with Crippen LogP contribution >= 0.6 is 47.2 Å². The highest BCUT2D eigenvalue weighted by molar-refractivity contribution is 8.26. The second kappa shape index (κ2) is 11.8. The number of thiocarbonyl (C=S) groups is 1. The van der Waals surface area contributed by atoms with Crippen LogP contribution in [0.25, 0.3) is 6.08 Å². The molecular formula is C23H19Cl2NO7S2. The Labute approximate surface area is 220 Å². The zero-order valence-corrected chi connectivity index (χ0v) is 21.3. The molecule has 35 heavy (non-hydrogen) atoms. The molecule has 1 aliphatic rings. The van der Waals surface area contributed by atoms with E-state index in [9.17, 15) is 19.5 Å². The van der Waals surface area contributed by atoms with Crippen LogP contribution in [-0.2, 0) is 21.0 Å². The maximum Gasteiger partial charge on any atom is 0.326 e. The Morgan fingerprint density at radius 2 is 1.91 bits per heavy atom. The molecule has 8 nitrogen and oxygen atoms in total. The van der Waals surface area contributed by atoms with Crippen LogP contribution in [0.3, 0.4) is 0 Å². The lowest BCUT2D eigenvalue weighted by molar-refractivity contribution is -0.146. The zero-order chi connectivity index (χ0) is 25.7. The van der Waals surface area contributed by atoms with Gasteiger partial charge in [-0.15, -0.1) is 0 Å². The normalized spacial score (nSPS) is 15.4. The number of carboxylic acid groups (broad SMARTS) is 2. The number of methoxy groups -OCH3 is 1. The summed E-state index contributed by atoms with van der Waals surface area (Å²) in [4.78, 5) is 36.6. The van der Waals surface area contributed by atoms with E-state index in [2.05, 4.69) is 0 Å². The van der Waals surface area contributed by atoms with Crippen molar-refractivity contribution < 1.29 is 34.1 Å². The predicted molar refractivity (Wildman–Crippen MR) is 137 cm³/mol. The van der Waals surface area contributed by atoms with E-state index in [0.29, 0.717) is 27.1 Å². The smallest absolute Gasteiger partial charge is 0.326 e. The fourth-order valence-electron chi connectivity index (χ4n) is 3.21. The van der Waals surface area contributed by atoms with Crippen molar-refractivity contribution in [2.24, 2.45) is 0 Å². The minimum atomic E-state index is -1.37. The molecule has 0 saturated carbocycles. The SMILES string of the molecule is COc1cc(/C=C2\SC(=S)N(C(CCC(=O)O)C(=O)O)C2=O)ccc1OCc1ccc(Cl)cc1Cl. The van der Waals surface area contributed by atoms with Crippen LogP contribution in [0.5, 0.6) is 11.5 Å². The Balaban J connectivity index is 1.78. The number of nitrogens with zero attached hydrogens (tertiary/aromatic N) is 1. The Hall–Kier alpha value is -2.79. The molecule has 0 aromatic heterocycles. The average Bonchev–Trinajstić information content (AvgIpc) is 3.06. The number of hydrogen-bond donors (Lipinski definition) is 2. The van der Waals surface area contributed by atoms with Gasteiger partial charge in [-0.1, -0.05) is 59.3 Å². The summed E-state index contributed by atoms with van der Waals surface area (Å²) in [7, 11) is 1.47. The number of carboxylic acids is 2. The Bertz CT molecular complexity index is 1220. The minimum Gasteiger partial charge on any atom is -0.493 e. The molecular weight excluding hydrogens is 537 g/mol. The van der Waals surface area contributed by atoms with Crippen LogP contribution in [0.2, 0.25) is 10.0 Å². The first-order valence-corrected chi connectivity index (χ1v) is 12.0. The number of hydrogen-bond acceptors (Lipinski definition) is 7. The molecule has 12 heteroatoms. The number of halogens is 2. The number of aliphatic carboxylic acids is 2. The fraction of sp³-hybridized carbons (Fsp3) is 0.217. The van der Waals surface area contributed by atoms with Gasteiger partial charge in [-0.3, -0.25) is 14.5 Å². The molecule has 1 aliphatic heterocycles. The average molecular weight is 556 g/mol. The summed E-state index contributed by atoms with van der Waals surface area (Å²) >= 11 is 18.3. The van der Waals surface area contributed by atoms with E-state index in [0.717, 1.165) is 22.2 Å². The summed E-state index contributed by atoms with van der Waals surface area (Å²) in [5.74, 6) is -2.24. The zero-order valence-electron chi connectivity index (χ0n) is 18.2. The van der Waals surface area contributed by atoms with Crippen molar-refractivity contribution in [1.29, 1.82) is 0 Å². The summed E-state index contributed by atoms with van der Waals surface area (Å²) in [5.41, 5.74) is 1.33. The molecule has 2 N–H and O–H groups in total. The van der Waals surface area contributed by atoms with E-state index >= 15 is 0 Å². The molecule has 0 bridgehead atoms. The molecule has 1 saturated heterocycles. The van der Waals surface area contributed by atoms with Crippen molar-refractivity contribution in [2.45, 2.75) is 25.5 Å². The number of ether oxygens (including phenoxy) is 2. The van der Waals surface area contributed by atoms with Gasteiger partial charge in [0.15, 0.2) is 11.5 Å². The van der Waals surface area contributed by atoms with Gasteiger partial charge in [-0.2, -0.15) is 0 Å². The second-order valence-corrected chi connectivity index (χ2v) is 9.79. The monoisotopic (exact) mass is 555 g/mol. The van der Waals surface area contributed by atoms with E-state index in [4.69, 9.17) is 50.0 Å². The summed E-state index contributed by atoms with van der Waals surface area (Å²) in [5, 5.41) is 19.4. The summed E-state index contributed by atoms with van der Waals surface area (Å²) in [6.07, 6.45) is 0.882. The lowest BCUT2D eigenvalue weighted by Gasteiger charge is -2.22. The van der Waals surface area contributed by atoms with Gasteiger partial charge in [0.25, 0.3) is 5.91 Å². The van der Waals surface area contributed by atoms with Gasteiger partial charge < -0.3 is 19.7 Å². The maximum atomic E-state index is 12.9. The van der Waals surface area contributed by atoms with E-state index in [-0.39, 0.29) is 22.3 Å². The second-order valence-electron chi connectivity index (χ2n) is 7.27. The van der Waals surface area contributed by atoms with Crippen LogP contribution < -0.4 is 9.47 Å². The van der Waals surface area contributed by atoms with E-state index in [1.807, 2.05) is 0 Å². The van der Waals surface area contributed by atoms with Gasteiger partial charge in [-0.05, 0) is 42.3 Å². The van der Waals surface area contributed by atoms with Crippen molar-refractivity contribution in [1.82, 2.24) is 4.90 Å². The predicted octanol–water partition coefficient (Wildman–Crippen LogP) is 5.10. The summed E-state index contributed by atoms with van der Waals surface area (Å²) < 4.78 is 11.3. The number of benzene rings is 2. The molecule has 3 rings (SSSR count). The highest BCUT2D eigenvalue weighted by Gasteiger charge is 2.40. The van der Waals surface area contributed by atoms with Crippen LogP contribution in [0.1, 0.15) is 24.0 Å². The van der Waals surface area contributed by atoms with Gasteiger partial charge in [0, 0.05) is 22.0 Å². The number of amides is 1. The molecule has 1 atom stereocenters. The van der Waals surface area contributed by atoms with Gasteiger partial charge in [0.2, 0.25) is 0 Å². The van der Waals surface area contributed by atoms with Gasteiger partial charge in [-0.25, -0.2) is 4.79 Å². The highest BCUT2D eigenvalue weighted by Crippen LogP contribution is 2.37. The lowest BCUT2D eigenvalue weighted by atomic mass is 10.1. The number of rotatable bonds is 10. The maximum absolute atomic E-state index is 12.9. The number of carbonyl (C=O) groups is 3. The van der Waals surface area contributed by atoms with Crippen molar-refractivity contribution in [3.8, 4) is 11.5 Å². The molecule has 184 valence electrons. The fourth-order valence-corrected chi connectivity index (χ4v) is 5.03. The topological polar surface area (TPSA) is 113 Å². The summed E-state index contributed by atoms with van der Waals surface area (Å²) in [6.45, 7) is 0.178. The Morgan fingerprint density at radius 1 is 1.17 bits per heavy atom. The van der Waals surface area contributed by atoms with Crippen LogP contribution in [0, 0.1) is 0 Å². The van der Waals surface area contributed by atoms with Crippen molar-refractivity contribution in [2.75, 3.05) is 7.11 Å². The van der Waals surface area contributed by atoms with Crippen molar-refractivity contribution in [3.63, 3.8) is 0 Å². The first-order valence-electron chi connectivity index (χ1n) is 10.1.